The number of nitrogens with zero attached hydrogens (tertiary/aromatic N) is 2. The molecule has 0 saturated carbocycles. The standard InChI is InChI=1S/C26H28N2O4/c1-4-31-26(30)21-10-12-23(13-11-21)28(17-20-7-6-14-27-16-20)25(29)22-8-5-9-24(15-22)32-18-19(2)3/h5-16,19H,4,17-18H2,1-3H3. The van der Waals surface area contributed by atoms with Crippen LogP contribution in [0.3, 0.4) is 0 Å². The van der Waals surface area contributed by atoms with Crippen LogP contribution in [-0.4, -0.2) is 30.1 Å². The van der Waals surface area contributed by atoms with Crippen molar-refractivity contribution in [2.75, 3.05) is 18.1 Å². The third-order valence-corrected chi connectivity index (χ3v) is 4.66. The maximum Gasteiger partial charge on any atom is 0.338 e. The van der Waals surface area contributed by atoms with E-state index in [1.165, 1.54) is 0 Å². The Kier molecular flexibility index (Phi) is 7.97. The normalized spacial score (nSPS) is 10.6. The van der Waals surface area contributed by atoms with Crippen LogP contribution in [0.2, 0.25) is 0 Å². The van der Waals surface area contributed by atoms with Gasteiger partial charge >= 0.3 is 5.97 Å². The summed E-state index contributed by atoms with van der Waals surface area (Å²) in [5.74, 6) is 0.477. The zero-order chi connectivity index (χ0) is 22.9. The second kappa shape index (κ2) is 11.1. The SMILES string of the molecule is CCOC(=O)c1ccc(N(Cc2cccnc2)C(=O)c2cccc(OCC(C)C)c2)cc1. The number of anilines is 1. The van der Waals surface area contributed by atoms with Gasteiger partial charge in [0.15, 0.2) is 0 Å². The van der Waals surface area contributed by atoms with Crippen LogP contribution in [0.25, 0.3) is 0 Å². The Morgan fingerprint density at radius 3 is 2.44 bits per heavy atom. The summed E-state index contributed by atoms with van der Waals surface area (Å²) in [7, 11) is 0. The predicted octanol–water partition coefficient (Wildman–Crippen LogP) is 5.14. The summed E-state index contributed by atoms with van der Waals surface area (Å²) < 4.78 is 10.8. The summed E-state index contributed by atoms with van der Waals surface area (Å²) in [6, 6.07) is 17.8. The molecule has 6 heteroatoms. The van der Waals surface area contributed by atoms with Crippen LogP contribution < -0.4 is 9.64 Å². The molecule has 0 N–H and O–H groups in total. The van der Waals surface area contributed by atoms with E-state index in [0.29, 0.717) is 48.2 Å². The molecule has 3 rings (SSSR count). The summed E-state index contributed by atoms with van der Waals surface area (Å²) in [4.78, 5) is 31.3. The van der Waals surface area contributed by atoms with Gasteiger partial charge in [-0.2, -0.15) is 0 Å². The molecule has 1 heterocycles. The van der Waals surface area contributed by atoms with Crippen molar-refractivity contribution in [3.8, 4) is 5.75 Å². The number of amides is 1. The molecule has 0 aliphatic heterocycles. The first kappa shape index (κ1) is 23.0. The summed E-state index contributed by atoms with van der Waals surface area (Å²) in [6.45, 7) is 7.13. The van der Waals surface area contributed by atoms with E-state index < -0.39 is 0 Å². The molecular weight excluding hydrogens is 404 g/mol. The summed E-state index contributed by atoms with van der Waals surface area (Å²) in [6.07, 6.45) is 3.43. The van der Waals surface area contributed by atoms with Gasteiger partial charge in [0.1, 0.15) is 5.75 Å². The third-order valence-electron chi connectivity index (χ3n) is 4.66. The van der Waals surface area contributed by atoms with Crippen molar-refractivity contribution in [3.63, 3.8) is 0 Å². The second-order valence-electron chi connectivity index (χ2n) is 7.75. The molecule has 1 amide bonds. The Labute approximate surface area is 188 Å². The van der Waals surface area contributed by atoms with E-state index in [1.807, 2.05) is 24.3 Å². The number of hydrogen-bond acceptors (Lipinski definition) is 5. The van der Waals surface area contributed by atoms with E-state index in [0.717, 1.165) is 5.56 Å². The zero-order valence-corrected chi connectivity index (χ0v) is 18.7. The van der Waals surface area contributed by atoms with E-state index in [2.05, 4.69) is 18.8 Å². The lowest BCUT2D eigenvalue weighted by molar-refractivity contribution is 0.0526. The fourth-order valence-corrected chi connectivity index (χ4v) is 3.08. The van der Waals surface area contributed by atoms with Gasteiger partial charge in [-0.25, -0.2) is 4.79 Å². The Morgan fingerprint density at radius 2 is 1.78 bits per heavy atom. The van der Waals surface area contributed by atoms with E-state index in [4.69, 9.17) is 9.47 Å². The minimum absolute atomic E-state index is 0.173. The fourth-order valence-electron chi connectivity index (χ4n) is 3.08. The van der Waals surface area contributed by atoms with E-state index in [1.54, 1.807) is 60.6 Å². The number of esters is 1. The highest BCUT2D eigenvalue weighted by Crippen LogP contribution is 2.23. The van der Waals surface area contributed by atoms with Crippen molar-refractivity contribution in [2.45, 2.75) is 27.3 Å². The van der Waals surface area contributed by atoms with Gasteiger partial charge in [0, 0.05) is 23.6 Å². The second-order valence-corrected chi connectivity index (χ2v) is 7.75. The molecule has 0 aliphatic carbocycles. The van der Waals surface area contributed by atoms with Gasteiger partial charge in [0.05, 0.1) is 25.3 Å². The van der Waals surface area contributed by atoms with Crippen LogP contribution in [-0.2, 0) is 11.3 Å². The summed E-state index contributed by atoms with van der Waals surface area (Å²) in [5.41, 5.74) is 2.51. The highest BCUT2D eigenvalue weighted by molar-refractivity contribution is 6.06. The molecule has 0 radical (unpaired) electrons. The van der Waals surface area contributed by atoms with Crippen LogP contribution in [0, 0.1) is 5.92 Å². The zero-order valence-electron chi connectivity index (χ0n) is 18.7. The summed E-state index contributed by atoms with van der Waals surface area (Å²) in [5, 5.41) is 0. The molecule has 0 spiro atoms. The van der Waals surface area contributed by atoms with Gasteiger partial charge in [-0.3, -0.25) is 9.78 Å². The van der Waals surface area contributed by atoms with Crippen LogP contribution >= 0.6 is 0 Å². The van der Waals surface area contributed by atoms with Crippen LogP contribution in [0.15, 0.2) is 73.1 Å². The van der Waals surface area contributed by atoms with Crippen LogP contribution in [0.5, 0.6) is 5.75 Å². The molecule has 0 unspecified atom stereocenters. The van der Waals surface area contributed by atoms with Crippen molar-refractivity contribution in [1.29, 1.82) is 0 Å². The first-order valence-corrected chi connectivity index (χ1v) is 10.7. The lowest BCUT2D eigenvalue weighted by Crippen LogP contribution is -2.30. The summed E-state index contributed by atoms with van der Waals surface area (Å²) >= 11 is 0. The highest BCUT2D eigenvalue weighted by atomic mass is 16.5. The van der Waals surface area contributed by atoms with Crippen molar-refractivity contribution < 1.29 is 19.1 Å². The van der Waals surface area contributed by atoms with Crippen molar-refractivity contribution in [2.24, 2.45) is 5.92 Å². The molecule has 166 valence electrons. The van der Waals surface area contributed by atoms with Crippen molar-refractivity contribution in [1.82, 2.24) is 4.98 Å². The van der Waals surface area contributed by atoms with Crippen LogP contribution in [0.4, 0.5) is 5.69 Å². The molecule has 6 nitrogen and oxygen atoms in total. The lowest BCUT2D eigenvalue weighted by Gasteiger charge is -2.23. The fraction of sp³-hybridized carbons (Fsp3) is 0.269. The van der Waals surface area contributed by atoms with Crippen molar-refractivity contribution in [3.05, 3.63) is 89.7 Å². The maximum absolute atomic E-state index is 13.5. The van der Waals surface area contributed by atoms with Crippen LogP contribution in [0.1, 0.15) is 47.1 Å². The number of rotatable bonds is 9. The van der Waals surface area contributed by atoms with Crippen molar-refractivity contribution >= 4 is 17.6 Å². The average Bonchev–Trinajstić information content (AvgIpc) is 2.82. The van der Waals surface area contributed by atoms with E-state index in [-0.39, 0.29) is 11.9 Å². The number of aromatic nitrogens is 1. The average molecular weight is 433 g/mol. The number of carbonyl (C=O) groups is 2. The molecule has 0 fully saturated rings. The monoisotopic (exact) mass is 432 g/mol. The molecule has 3 aromatic rings. The molecule has 0 bridgehead atoms. The minimum atomic E-state index is -0.390. The minimum Gasteiger partial charge on any atom is -0.493 e. The molecule has 0 saturated heterocycles. The van der Waals surface area contributed by atoms with Gasteiger partial charge in [0.2, 0.25) is 0 Å². The Bertz CT molecular complexity index is 1030. The van der Waals surface area contributed by atoms with E-state index in [9.17, 15) is 9.59 Å². The predicted molar refractivity (Wildman–Crippen MR) is 124 cm³/mol. The molecular formula is C26H28N2O4. The number of ether oxygens (including phenoxy) is 2. The Morgan fingerprint density at radius 1 is 1.00 bits per heavy atom. The Hall–Kier alpha value is -3.67. The maximum atomic E-state index is 13.5. The molecule has 0 aliphatic rings. The molecule has 0 atom stereocenters. The molecule has 32 heavy (non-hydrogen) atoms. The largest absolute Gasteiger partial charge is 0.493 e. The van der Waals surface area contributed by atoms with E-state index >= 15 is 0 Å². The number of benzene rings is 2. The lowest BCUT2D eigenvalue weighted by atomic mass is 10.1. The topological polar surface area (TPSA) is 68.7 Å². The first-order valence-electron chi connectivity index (χ1n) is 10.7. The molecule has 1 aromatic heterocycles. The first-order chi connectivity index (χ1) is 15.5. The third kappa shape index (κ3) is 6.17. The smallest absolute Gasteiger partial charge is 0.338 e. The van der Waals surface area contributed by atoms with Gasteiger partial charge in [-0.1, -0.05) is 26.0 Å². The molecule has 2 aromatic carbocycles. The quantitative estimate of drug-likeness (QED) is 0.438. The highest BCUT2D eigenvalue weighted by Gasteiger charge is 2.20. The Balaban J connectivity index is 1.90. The van der Waals surface area contributed by atoms with Gasteiger partial charge in [0.25, 0.3) is 5.91 Å². The number of carbonyl (C=O) groups excluding carboxylic acids is 2. The van der Waals surface area contributed by atoms with Gasteiger partial charge in [-0.05, 0) is 66.9 Å². The number of hydrogen-bond donors (Lipinski definition) is 0. The van der Waals surface area contributed by atoms with Gasteiger partial charge in [-0.15, -0.1) is 0 Å². The van der Waals surface area contributed by atoms with Gasteiger partial charge < -0.3 is 14.4 Å². The number of pyridine rings is 1.